The predicted octanol–water partition coefficient (Wildman–Crippen LogP) is 0.878. The van der Waals surface area contributed by atoms with Crippen LogP contribution in [0.2, 0.25) is 15.1 Å². The highest BCUT2D eigenvalue weighted by atomic mass is 35.5. The van der Waals surface area contributed by atoms with Crippen molar-refractivity contribution in [3.63, 3.8) is 0 Å². The van der Waals surface area contributed by atoms with Gasteiger partial charge in [0.2, 0.25) is 0 Å². The highest BCUT2D eigenvalue weighted by molar-refractivity contribution is 6.40. The van der Waals surface area contributed by atoms with Crippen molar-refractivity contribution in [1.82, 2.24) is 0 Å². The Morgan fingerprint density at radius 2 is 1.74 bits per heavy atom. The lowest BCUT2D eigenvalue weighted by Gasteiger charge is -2.22. The zero-order valence-corrected chi connectivity index (χ0v) is 13.0. The van der Waals surface area contributed by atoms with Gasteiger partial charge in [0.05, 0.1) is 23.2 Å². The van der Waals surface area contributed by atoms with Crippen molar-refractivity contribution in [2.75, 3.05) is 39.3 Å². The van der Waals surface area contributed by atoms with Gasteiger partial charge >= 0.3 is 0 Å². The molecule has 106 valence electrons. The van der Waals surface area contributed by atoms with Crippen LogP contribution in [-0.4, -0.2) is 39.3 Å². The van der Waals surface area contributed by atoms with Crippen molar-refractivity contribution in [2.24, 2.45) is 0 Å². The minimum atomic E-state index is 0.470. The van der Waals surface area contributed by atoms with E-state index >= 15 is 0 Å². The minimum absolute atomic E-state index is 0.470. The molecule has 1 aromatic carbocycles. The Labute approximate surface area is 128 Å². The molecule has 0 amide bonds. The number of nitrogens with two attached hydrogens (primary N) is 1. The number of ether oxygens (including phenoxy) is 1. The van der Waals surface area contributed by atoms with E-state index in [9.17, 15) is 0 Å². The van der Waals surface area contributed by atoms with Crippen molar-refractivity contribution >= 4 is 34.8 Å². The van der Waals surface area contributed by atoms with Gasteiger partial charge in [0, 0.05) is 11.4 Å². The molecule has 6 heteroatoms. The van der Waals surface area contributed by atoms with E-state index in [2.05, 4.69) is 5.32 Å². The second-order valence-corrected chi connectivity index (χ2v) is 6.02. The van der Waals surface area contributed by atoms with Crippen LogP contribution < -0.4 is 15.0 Å². The Hall–Kier alpha value is -0.190. The fraction of sp³-hybridized carbons (Fsp3) is 0.538. The summed E-state index contributed by atoms with van der Waals surface area (Å²) in [6.45, 7) is 6.70. The Morgan fingerprint density at radius 3 is 2.37 bits per heavy atom. The molecule has 1 fully saturated rings. The molecule has 1 aromatic rings. The van der Waals surface area contributed by atoms with Crippen LogP contribution in [0.4, 0.5) is 0 Å². The number of halogens is 3. The van der Waals surface area contributed by atoms with E-state index in [-0.39, 0.29) is 0 Å². The first kappa shape index (κ1) is 15.2. The highest BCUT2D eigenvalue weighted by Gasteiger charge is 2.15. The maximum atomic E-state index is 6.06. The molecule has 0 atom stereocenters. The van der Waals surface area contributed by atoms with Crippen LogP contribution in [0.3, 0.4) is 0 Å². The van der Waals surface area contributed by atoms with Gasteiger partial charge in [-0.1, -0.05) is 34.8 Å². The summed E-state index contributed by atoms with van der Waals surface area (Å²) in [7, 11) is 0. The third-order valence-electron chi connectivity index (χ3n) is 3.29. The molecule has 19 heavy (non-hydrogen) atoms. The van der Waals surface area contributed by atoms with E-state index in [0.29, 0.717) is 27.4 Å². The number of benzene rings is 1. The Bertz CT molecular complexity index is 399. The number of hydrogen-bond donors (Lipinski definition) is 2. The summed E-state index contributed by atoms with van der Waals surface area (Å²) in [5.41, 5.74) is 0. The Balaban J connectivity index is 1.76. The third-order valence-corrected chi connectivity index (χ3v) is 4.07. The molecule has 1 aliphatic rings. The normalized spacial score (nSPS) is 16.6. The molecule has 1 heterocycles. The molecule has 0 aromatic heterocycles. The van der Waals surface area contributed by atoms with Crippen LogP contribution in [0.5, 0.6) is 5.75 Å². The van der Waals surface area contributed by atoms with Crippen LogP contribution in [-0.2, 0) is 0 Å². The van der Waals surface area contributed by atoms with Crippen molar-refractivity contribution in [2.45, 2.75) is 6.42 Å². The van der Waals surface area contributed by atoms with Gasteiger partial charge in [-0.2, -0.15) is 0 Å². The van der Waals surface area contributed by atoms with Gasteiger partial charge in [-0.05, 0) is 12.1 Å². The molecule has 2 rings (SSSR count). The molecule has 1 aliphatic heterocycles. The van der Waals surface area contributed by atoms with Gasteiger partial charge in [-0.25, -0.2) is 0 Å². The summed E-state index contributed by atoms with van der Waals surface area (Å²) >= 11 is 18.0. The minimum Gasteiger partial charge on any atom is -0.490 e. The van der Waals surface area contributed by atoms with Crippen molar-refractivity contribution in [3.05, 3.63) is 27.2 Å². The van der Waals surface area contributed by atoms with E-state index in [1.54, 1.807) is 17.0 Å². The van der Waals surface area contributed by atoms with Gasteiger partial charge < -0.3 is 15.0 Å². The maximum absolute atomic E-state index is 6.06. The van der Waals surface area contributed by atoms with E-state index in [1.807, 2.05) is 0 Å². The zero-order valence-electron chi connectivity index (χ0n) is 10.7. The average molecular weight is 326 g/mol. The largest absolute Gasteiger partial charge is 0.490 e. The number of nitrogens with one attached hydrogen (secondary N) is 1. The number of rotatable bonds is 5. The fourth-order valence-corrected chi connectivity index (χ4v) is 3.22. The van der Waals surface area contributed by atoms with Crippen LogP contribution in [0.15, 0.2) is 12.1 Å². The smallest absolute Gasteiger partial charge is 0.156 e. The average Bonchev–Trinajstić information content (AvgIpc) is 2.38. The number of piperazine rings is 1. The van der Waals surface area contributed by atoms with Crippen LogP contribution in [0.25, 0.3) is 0 Å². The molecule has 0 aliphatic carbocycles. The monoisotopic (exact) mass is 324 g/mol. The summed E-state index contributed by atoms with van der Waals surface area (Å²) in [6, 6.07) is 3.30. The van der Waals surface area contributed by atoms with Gasteiger partial charge in [-0.15, -0.1) is 0 Å². The van der Waals surface area contributed by atoms with Gasteiger partial charge in [0.15, 0.2) is 5.75 Å². The summed E-state index contributed by atoms with van der Waals surface area (Å²) in [6.07, 6.45) is 1.00. The maximum Gasteiger partial charge on any atom is 0.156 e. The van der Waals surface area contributed by atoms with Crippen LogP contribution in [0.1, 0.15) is 6.42 Å². The molecular formula is C13H19Cl3N2O+2. The number of quaternary nitrogens is 2. The Morgan fingerprint density at radius 1 is 1.11 bits per heavy atom. The molecule has 3 N–H and O–H groups in total. The molecule has 0 radical (unpaired) electrons. The first-order chi connectivity index (χ1) is 9.16. The lowest BCUT2D eigenvalue weighted by Crippen LogP contribution is -3.20. The van der Waals surface area contributed by atoms with E-state index in [0.717, 1.165) is 13.0 Å². The third kappa shape index (κ3) is 4.69. The lowest BCUT2D eigenvalue weighted by atomic mass is 10.3. The first-order valence-corrected chi connectivity index (χ1v) is 7.73. The van der Waals surface area contributed by atoms with Crippen LogP contribution >= 0.6 is 34.8 Å². The lowest BCUT2D eigenvalue weighted by molar-refractivity contribution is -0.946. The molecule has 0 bridgehead atoms. The SMILES string of the molecule is Clc1cc(Cl)c(OCCC[NH+]2CC[NH2+]CC2)c(Cl)c1. The predicted molar refractivity (Wildman–Crippen MR) is 78.8 cm³/mol. The van der Waals surface area contributed by atoms with Gasteiger partial charge in [-0.3, -0.25) is 0 Å². The van der Waals surface area contributed by atoms with Crippen molar-refractivity contribution < 1.29 is 15.0 Å². The summed E-state index contributed by atoms with van der Waals surface area (Å²) in [5.74, 6) is 0.537. The van der Waals surface area contributed by atoms with E-state index in [4.69, 9.17) is 39.5 Å². The van der Waals surface area contributed by atoms with Crippen molar-refractivity contribution in [3.8, 4) is 5.75 Å². The molecular weight excluding hydrogens is 307 g/mol. The zero-order chi connectivity index (χ0) is 13.7. The topological polar surface area (TPSA) is 30.3 Å². The first-order valence-electron chi connectivity index (χ1n) is 6.59. The molecule has 0 spiro atoms. The van der Waals surface area contributed by atoms with Gasteiger partial charge in [0.1, 0.15) is 26.2 Å². The number of hydrogen-bond acceptors (Lipinski definition) is 1. The molecule has 0 saturated carbocycles. The second kappa shape index (κ2) is 7.55. The fourth-order valence-electron chi connectivity index (χ4n) is 2.29. The molecule has 3 nitrogen and oxygen atoms in total. The highest BCUT2D eigenvalue weighted by Crippen LogP contribution is 2.35. The standard InChI is InChI=1S/C13H17Cl3N2O/c14-10-8-11(15)13(12(16)9-10)19-7-1-4-18-5-2-17-3-6-18/h8-9,17H,1-7H2/p+2. The second-order valence-electron chi connectivity index (χ2n) is 4.77. The molecule has 0 unspecified atom stereocenters. The quantitative estimate of drug-likeness (QED) is 0.774. The van der Waals surface area contributed by atoms with Crippen molar-refractivity contribution in [1.29, 1.82) is 0 Å². The summed E-state index contributed by atoms with van der Waals surface area (Å²) < 4.78 is 5.67. The summed E-state index contributed by atoms with van der Waals surface area (Å²) in [5, 5.41) is 3.83. The summed E-state index contributed by atoms with van der Waals surface area (Å²) in [4.78, 5) is 1.65. The Kier molecular flexibility index (Phi) is 6.05. The molecule has 1 saturated heterocycles. The van der Waals surface area contributed by atoms with E-state index in [1.165, 1.54) is 26.2 Å². The van der Waals surface area contributed by atoms with Gasteiger partial charge in [0.25, 0.3) is 0 Å². The van der Waals surface area contributed by atoms with E-state index < -0.39 is 0 Å². The van der Waals surface area contributed by atoms with Crippen LogP contribution in [0, 0.1) is 0 Å².